The Morgan fingerprint density at radius 1 is 0.906 bits per heavy atom. The van der Waals surface area contributed by atoms with E-state index in [9.17, 15) is 13.2 Å². The third kappa shape index (κ3) is 5.37. The van der Waals surface area contributed by atoms with Gasteiger partial charge in [-0.25, -0.2) is 8.42 Å². The summed E-state index contributed by atoms with van der Waals surface area (Å²) in [6.07, 6.45) is 1.47. The van der Waals surface area contributed by atoms with Gasteiger partial charge in [-0.1, -0.05) is 79.2 Å². The van der Waals surface area contributed by atoms with Crippen LogP contribution in [0.2, 0.25) is 0 Å². The average Bonchev–Trinajstić information content (AvgIpc) is 2.77. The summed E-state index contributed by atoms with van der Waals surface area (Å²) in [5.41, 5.74) is 4.46. The second-order valence-electron chi connectivity index (χ2n) is 8.03. The van der Waals surface area contributed by atoms with E-state index < -0.39 is 22.1 Å². The predicted octanol–water partition coefficient (Wildman–Crippen LogP) is 4.75. The molecule has 0 heterocycles. The van der Waals surface area contributed by atoms with E-state index in [2.05, 4.69) is 5.32 Å². The number of carbonyl (C=O) groups is 1. The highest BCUT2D eigenvalue weighted by Crippen LogP contribution is 2.27. The van der Waals surface area contributed by atoms with E-state index in [0.717, 1.165) is 28.5 Å². The van der Waals surface area contributed by atoms with Crippen molar-refractivity contribution in [3.05, 3.63) is 101 Å². The number of amides is 1. The first kappa shape index (κ1) is 23.5. The van der Waals surface area contributed by atoms with Gasteiger partial charge in [0, 0.05) is 0 Å². The lowest BCUT2D eigenvalue weighted by atomic mass is 9.94. The maximum absolute atomic E-state index is 13.6. The Bertz CT molecular complexity index is 1160. The molecule has 0 radical (unpaired) electrons. The van der Waals surface area contributed by atoms with Crippen molar-refractivity contribution >= 4 is 21.6 Å². The quantitative estimate of drug-likeness (QED) is 0.538. The monoisotopic (exact) mass is 450 g/mol. The summed E-state index contributed by atoms with van der Waals surface area (Å²) in [6.45, 7) is 5.76. The van der Waals surface area contributed by atoms with E-state index in [0.29, 0.717) is 12.1 Å². The summed E-state index contributed by atoms with van der Waals surface area (Å²) >= 11 is 0. The fourth-order valence-corrected chi connectivity index (χ4v) is 5.10. The highest BCUT2D eigenvalue weighted by atomic mass is 32.2. The van der Waals surface area contributed by atoms with Crippen LogP contribution in [0.1, 0.15) is 41.6 Å². The van der Waals surface area contributed by atoms with Gasteiger partial charge in [-0.15, -0.1) is 0 Å². The van der Waals surface area contributed by atoms with Gasteiger partial charge in [-0.2, -0.15) is 0 Å². The van der Waals surface area contributed by atoms with Gasteiger partial charge in [-0.05, 0) is 49.1 Å². The molecule has 32 heavy (non-hydrogen) atoms. The zero-order chi connectivity index (χ0) is 23.3. The summed E-state index contributed by atoms with van der Waals surface area (Å²) in [5.74, 6) is -0.337. The standard InChI is InChI=1S/C26H30N2O3S/c1-5-24(28(32(4,30)31)22-17-15-19(2)16-18-22)26(29)27-25(21-12-7-6-8-13-21)23-14-10-9-11-20(23)3/h6-18,24-25H,5H2,1-4H3,(H,27,29)/t24-,25+/m0/s1. The van der Waals surface area contributed by atoms with Gasteiger partial charge < -0.3 is 5.32 Å². The number of sulfonamides is 1. The zero-order valence-corrected chi connectivity index (χ0v) is 19.8. The molecule has 0 spiro atoms. The van der Waals surface area contributed by atoms with E-state index in [4.69, 9.17) is 0 Å². The maximum Gasteiger partial charge on any atom is 0.244 e. The molecule has 0 aliphatic carbocycles. The van der Waals surface area contributed by atoms with Gasteiger partial charge in [-0.3, -0.25) is 9.10 Å². The first-order valence-electron chi connectivity index (χ1n) is 10.7. The summed E-state index contributed by atoms with van der Waals surface area (Å²) in [4.78, 5) is 13.6. The first-order chi connectivity index (χ1) is 15.2. The number of hydrogen-bond acceptors (Lipinski definition) is 3. The molecule has 0 aliphatic heterocycles. The van der Waals surface area contributed by atoms with Crippen molar-refractivity contribution in [1.82, 2.24) is 5.32 Å². The summed E-state index contributed by atoms with van der Waals surface area (Å²) in [5, 5.41) is 3.13. The number of benzene rings is 3. The lowest BCUT2D eigenvalue weighted by molar-refractivity contribution is -0.122. The number of nitrogens with one attached hydrogen (secondary N) is 1. The smallest absolute Gasteiger partial charge is 0.244 e. The second-order valence-corrected chi connectivity index (χ2v) is 9.89. The van der Waals surface area contributed by atoms with E-state index >= 15 is 0 Å². The van der Waals surface area contributed by atoms with Crippen LogP contribution in [-0.4, -0.2) is 26.6 Å². The predicted molar refractivity (Wildman–Crippen MR) is 130 cm³/mol. The lowest BCUT2D eigenvalue weighted by Gasteiger charge is -2.32. The van der Waals surface area contributed by atoms with E-state index in [-0.39, 0.29) is 5.91 Å². The fraction of sp³-hybridized carbons (Fsp3) is 0.269. The number of hydrogen-bond donors (Lipinski definition) is 1. The third-order valence-electron chi connectivity index (χ3n) is 5.54. The van der Waals surface area contributed by atoms with Crippen LogP contribution in [0, 0.1) is 13.8 Å². The van der Waals surface area contributed by atoms with Crippen LogP contribution in [-0.2, 0) is 14.8 Å². The molecule has 168 valence electrons. The number of anilines is 1. The number of aryl methyl sites for hydroxylation is 2. The van der Waals surface area contributed by atoms with Crippen LogP contribution >= 0.6 is 0 Å². The summed E-state index contributed by atoms with van der Waals surface area (Å²) < 4.78 is 26.7. The maximum atomic E-state index is 13.6. The zero-order valence-electron chi connectivity index (χ0n) is 18.9. The molecule has 1 amide bonds. The topological polar surface area (TPSA) is 66.5 Å². The van der Waals surface area contributed by atoms with E-state index in [1.165, 1.54) is 4.31 Å². The minimum Gasteiger partial charge on any atom is -0.343 e. The summed E-state index contributed by atoms with van der Waals surface area (Å²) in [7, 11) is -3.69. The van der Waals surface area contributed by atoms with Crippen LogP contribution in [0.25, 0.3) is 0 Å². The normalized spacial score (nSPS) is 13.2. The largest absolute Gasteiger partial charge is 0.343 e. The molecule has 2 atom stereocenters. The van der Waals surface area contributed by atoms with Crippen molar-refractivity contribution in [2.24, 2.45) is 0 Å². The van der Waals surface area contributed by atoms with Gasteiger partial charge in [0.15, 0.2) is 0 Å². The van der Waals surface area contributed by atoms with Crippen molar-refractivity contribution in [3.63, 3.8) is 0 Å². The van der Waals surface area contributed by atoms with Crippen molar-refractivity contribution in [3.8, 4) is 0 Å². The molecule has 0 unspecified atom stereocenters. The van der Waals surface area contributed by atoms with Crippen molar-refractivity contribution in [2.75, 3.05) is 10.6 Å². The Morgan fingerprint density at radius 2 is 1.50 bits per heavy atom. The van der Waals surface area contributed by atoms with Crippen LogP contribution < -0.4 is 9.62 Å². The van der Waals surface area contributed by atoms with Crippen molar-refractivity contribution < 1.29 is 13.2 Å². The Labute approximate surface area is 191 Å². The van der Waals surface area contributed by atoms with Crippen molar-refractivity contribution in [2.45, 2.75) is 39.3 Å². The van der Waals surface area contributed by atoms with E-state index in [1.54, 1.807) is 12.1 Å². The Kier molecular flexibility index (Phi) is 7.36. The van der Waals surface area contributed by atoms with Crippen LogP contribution in [0.15, 0.2) is 78.9 Å². The highest BCUT2D eigenvalue weighted by molar-refractivity contribution is 7.92. The van der Waals surface area contributed by atoms with Gasteiger partial charge in [0.05, 0.1) is 18.0 Å². The van der Waals surface area contributed by atoms with Gasteiger partial charge in [0.25, 0.3) is 0 Å². The third-order valence-corrected chi connectivity index (χ3v) is 6.72. The molecule has 0 aromatic heterocycles. The van der Waals surface area contributed by atoms with Crippen LogP contribution in [0.3, 0.4) is 0 Å². The molecule has 0 saturated heterocycles. The van der Waals surface area contributed by atoms with E-state index in [1.807, 2.05) is 87.5 Å². The molecular formula is C26H30N2O3S. The number of nitrogens with zero attached hydrogens (tertiary/aromatic N) is 1. The molecule has 0 fully saturated rings. The SMILES string of the molecule is CC[C@@H](C(=O)N[C@H](c1ccccc1)c1ccccc1C)N(c1ccc(C)cc1)S(C)(=O)=O. The molecule has 3 aromatic rings. The van der Waals surface area contributed by atoms with Gasteiger partial charge in [0.2, 0.25) is 15.9 Å². The van der Waals surface area contributed by atoms with Crippen molar-refractivity contribution in [1.29, 1.82) is 0 Å². The minimum absolute atomic E-state index is 0.335. The number of carbonyl (C=O) groups excluding carboxylic acids is 1. The van der Waals surface area contributed by atoms with Crippen LogP contribution in [0.4, 0.5) is 5.69 Å². The van der Waals surface area contributed by atoms with Crippen LogP contribution in [0.5, 0.6) is 0 Å². The Hall–Kier alpha value is -3.12. The fourth-order valence-electron chi connectivity index (χ4n) is 3.89. The molecule has 1 N–H and O–H groups in total. The average molecular weight is 451 g/mol. The molecule has 6 heteroatoms. The molecule has 3 aromatic carbocycles. The van der Waals surface area contributed by atoms with Gasteiger partial charge >= 0.3 is 0 Å². The molecule has 0 aliphatic rings. The highest BCUT2D eigenvalue weighted by Gasteiger charge is 2.33. The molecular weight excluding hydrogens is 420 g/mol. The number of rotatable bonds is 8. The Morgan fingerprint density at radius 3 is 2.06 bits per heavy atom. The summed E-state index contributed by atoms with van der Waals surface area (Å²) in [6, 6.07) is 23.5. The first-order valence-corrected chi connectivity index (χ1v) is 12.5. The molecule has 5 nitrogen and oxygen atoms in total. The molecule has 0 saturated carbocycles. The Balaban J connectivity index is 2.01. The minimum atomic E-state index is -3.69. The lowest BCUT2D eigenvalue weighted by Crippen LogP contribution is -2.50. The second kappa shape index (κ2) is 10.0. The molecule has 3 rings (SSSR count). The van der Waals surface area contributed by atoms with Gasteiger partial charge in [0.1, 0.15) is 6.04 Å². The molecule has 0 bridgehead atoms.